The topological polar surface area (TPSA) is 41.1 Å². The number of hydrazine groups is 1. The predicted octanol–water partition coefficient (Wildman–Crippen LogP) is 3.78. The molecule has 0 bridgehead atoms. The summed E-state index contributed by atoms with van der Waals surface area (Å²) in [4.78, 5) is 12.3. The lowest BCUT2D eigenvalue weighted by Crippen LogP contribution is -2.28. The van der Waals surface area contributed by atoms with E-state index < -0.39 is 0 Å². The van der Waals surface area contributed by atoms with Crippen LogP contribution in [0.2, 0.25) is 5.02 Å². The molecule has 0 aliphatic rings. The summed E-state index contributed by atoms with van der Waals surface area (Å²) in [5, 5.41) is 2.26. The van der Waals surface area contributed by atoms with E-state index in [9.17, 15) is 4.79 Å². The highest BCUT2D eigenvalue weighted by molar-refractivity contribution is 7.12. The second kappa shape index (κ2) is 5.42. The Morgan fingerprint density at radius 1 is 1.22 bits per heavy atom. The van der Waals surface area contributed by atoms with Crippen LogP contribution in [-0.2, 0) is 0 Å². The Morgan fingerprint density at radius 2 is 2.00 bits per heavy atom. The molecule has 0 saturated carbocycles. The van der Waals surface area contributed by atoms with Crippen molar-refractivity contribution >= 4 is 34.5 Å². The van der Waals surface area contributed by atoms with E-state index in [2.05, 4.69) is 10.9 Å². The molecular weight excluding hydrogens is 268 g/mol. The van der Waals surface area contributed by atoms with Gasteiger partial charge >= 0.3 is 0 Å². The number of carbonyl (C=O) groups is 1. The largest absolute Gasteiger partial charge is 0.298 e. The first kappa shape index (κ1) is 12.9. The van der Waals surface area contributed by atoms with Crippen molar-refractivity contribution in [3.05, 3.63) is 50.7 Å². The standard InChI is InChI=1S/C13H13ClN2OS/c1-8-3-4-10(7-9(8)2)15-16-13(17)12-11(14)5-6-18-12/h3-7,15H,1-2H3,(H,16,17). The number of hydrogen-bond acceptors (Lipinski definition) is 3. The summed E-state index contributed by atoms with van der Waals surface area (Å²) < 4.78 is 0. The van der Waals surface area contributed by atoms with E-state index in [1.165, 1.54) is 22.5 Å². The van der Waals surface area contributed by atoms with E-state index in [1.54, 1.807) is 11.4 Å². The summed E-state index contributed by atoms with van der Waals surface area (Å²) in [6.07, 6.45) is 0. The van der Waals surface area contributed by atoms with Crippen molar-refractivity contribution in [2.75, 3.05) is 5.43 Å². The van der Waals surface area contributed by atoms with Crippen molar-refractivity contribution in [1.82, 2.24) is 5.43 Å². The molecule has 0 spiro atoms. The number of rotatable bonds is 3. The molecule has 18 heavy (non-hydrogen) atoms. The van der Waals surface area contributed by atoms with E-state index in [4.69, 9.17) is 11.6 Å². The molecule has 2 aromatic rings. The Labute approximate surface area is 115 Å². The Hall–Kier alpha value is -1.52. The average molecular weight is 281 g/mol. The third-order valence-corrected chi connectivity index (χ3v) is 3.99. The van der Waals surface area contributed by atoms with Gasteiger partial charge in [0.1, 0.15) is 4.88 Å². The zero-order valence-electron chi connectivity index (χ0n) is 10.1. The fraction of sp³-hybridized carbons (Fsp3) is 0.154. The highest BCUT2D eigenvalue weighted by Crippen LogP contribution is 2.21. The predicted molar refractivity (Wildman–Crippen MR) is 76.3 cm³/mol. The fourth-order valence-electron chi connectivity index (χ4n) is 1.46. The molecular formula is C13H13ClN2OS. The molecule has 0 atom stereocenters. The minimum Gasteiger partial charge on any atom is -0.298 e. The maximum atomic E-state index is 11.8. The molecule has 1 aromatic carbocycles. The molecule has 5 heteroatoms. The van der Waals surface area contributed by atoms with Crippen LogP contribution in [0, 0.1) is 13.8 Å². The summed E-state index contributed by atoms with van der Waals surface area (Å²) in [6, 6.07) is 7.60. The minimum atomic E-state index is -0.228. The Morgan fingerprint density at radius 3 is 2.61 bits per heavy atom. The highest BCUT2D eigenvalue weighted by Gasteiger charge is 2.11. The fourth-order valence-corrected chi connectivity index (χ4v) is 2.50. The van der Waals surface area contributed by atoms with E-state index in [0.29, 0.717) is 9.90 Å². The lowest BCUT2D eigenvalue weighted by atomic mass is 10.1. The van der Waals surface area contributed by atoms with Gasteiger partial charge in [0.2, 0.25) is 0 Å². The zero-order valence-corrected chi connectivity index (χ0v) is 11.7. The Bertz CT molecular complexity index is 580. The maximum absolute atomic E-state index is 11.8. The van der Waals surface area contributed by atoms with Crippen molar-refractivity contribution in [1.29, 1.82) is 0 Å². The molecule has 0 aliphatic carbocycles. The van der Waals surface area contributed by atoms with E-state index in [0.717, 1.165) is 5.69 Å². The van der Waals surface area contributed by atoms with Crippen LogP contribution in [0.25, 0.3) is 0 Å². The molecule has 1 aromatic heterocycles. The second-order valence-electron chi connectivity index (χ2n) is 3.98. The van der Waals surface area contributed by atoms with Crippen molar-refractivity contribution < 1.29 is 4.79 Å². The molecule has 0 saturated heterocycles. The molecule has 2 N–H and O–H groups in total. The molecule has 0 aliphatic heterocycles. The van der Waals surface area contributed by atoms with Crippen LogP contribution in [0.15, 0.2) is 29.6 Å². The maximum Gasteiger partial charge on any atom is 0.281 e. The first-order chi connectivity index (χ1) is 8.58. The van der Waals surface area contributed by atoms with Crippen molar-refractivity contribution in [2.45, 2.75) is 13.8 Å². The Balaban J connectivity index is 2.02. The van der Waals surface area contributed by atoms with Crippen LogP contribution in [0.1, 0.15) is 20.8 Å². The lowest BCUT2D eigenvalue weighted by molar-refractivity contribution is 0.0967. The Kier molecular flexibility index (Phi) is 3.89. The summed E-state index contributed by atoms with van der Waals surface area (Å²) in [6.45, 7) is 4.07. The van der Waals surface area contributed by atoms with Gasteiger partial charge in [0, 0.05) is 0 Å². The molecule has 94 valence electrons. The minimum absolute atomic E-state index is 0.228. The van der Waals surface area contributed by atoms with Gasteiger partial charge in [-0.1, -0.05) is 17.7 Å². The number of halogens is 1. The highest BCUT2D eigenvalue weighted by atomic mass is 35.5. The van der Waals surface area contributed by atoms with Gasteiger partial charge in [-0.25, -0.2) is 0 Å². The van der Waals surface area contributed by atoms with Crippen LogP contribution in [0.5, 0.6) is 0 Å². The van der Waals surface area contributed by atoms with Gasteiger partial charge in [-0.2, -0.15) is 0 Å². The normalized spacial score (nSPS) is 10.2. The van der Waals surface area contributed by atoms with Crippen LogP contribution in [0.4, 0.5) is 5.69 Å². The first-order valence-electron chi connectivity index (χ1n) is 5.44. The van der Waals surface area contributed by atoms with E-state index in [1.807, 2.05) is 32.0 Å². The van der Waals surface area contributed by atoms with Crippen molar-refractivity contribution in [3.63, 3.8) is 0 Å². The van der Waals surface area contributed by atoms with Crippen LogP contribution in [-0.4, -0.2) is 5.91 Å². The molecule has 0 fully saturated rings. The van der Waals surface area contributed by atoms with Crippen molar-refractivity contribution in [2.24, 2.45) is 0 Å². The van der Waals surface area contributed by atoms with Gasteiger partial charge in [-0.15, -0.1) is 11.3 Å². The first-order valence-corrected chi connectivity index (χ1v) is 6.70. The SMILES string of the molecule is Cc1ccc(NNC(=O)c2sccc2Cl)cc1C. The number of carbonyl (C=O) groups excluding carboxylic acids is 1. The molecule has 1 heterocycles. The molecule has 0 unspecified atom stereocenters. The number of benzene rings is 1. The molecule has 3 nitrogen and oxygen atoms in total. The molecule has 0 radical (unpaired) electrons. The van der Waals surface area contributed by atoms with Gasteiger partial charge in [0.05, 0.1) is 10.7 Å². The van der Waals surface area contributed by atoms with Gasteiger partial charge in [-0.05, 0) is 48.6 Å². The average Bonchev–Trinajstić information content (AvgIpc) is 2.77. The molecule has 1 amide bonds. The number of thiophene rings is 1. The summed E-state index contributed by atoms with van der Waals surface area (Å²) in [7, 11) is 0. The van der Waals surface area contributed by atoms with Crippen LogP contribution < -0.4 is 10.9 Å². The second-order valence-corrected chi connectivity index (χ2v) is 5.30. The molecule has 2 rings (SSSR count). The third-order valence-electron chi connectivity index (χ3n) is 2.65. The number of aryl methyl sites for hydroxylation is 2. The summed E-state index contributed by atoms with van der Waals surface area (Å²) in [5.41, 5.74) is 8.73. The van der Waals surface area contributed by atoms with Gasteiger partial charge in [-0.3, -0.25) is 15.6 Å². The third kappa shape index (κ3) is 2.83. The summed E-state index contributed by atoms with van der Waals surface area (Å²) >= 11 is 7.20. The number of nitrogens with one attached hydrogen (secondary N) is 2. The number of anilines is 1. The van der Waals surface area contributed by atoms with Gasteiger partial charge in [0.15, 0.2) is 0 Å². The van der Waals surface area contributed by atoms with Gasteiger partial charge < -0.3 is 0 Å². The van der Waals surface area contributed by atoms with Crippen molar-refractivity contribution in [3.8, 4) is 0 Å². The quantitative estimate of drug-likeness (QED) is 0.840. The zero-order chi connectivity index (χ0) is 13.1. The monoisotopic (exact) mass is 280 g/mol. The number of amides is 1. The van der Waals surface area contributed by atoms with E-state index >= 15 is 0 Å². The smallest absolute Gasteiger partial charge is 0.281 e. The van der Waals surface area contributed by atoms with Crippen LogP contribution in [0.3, 0.4) is 0 Å². The number of hydrogen-bond donors (Lipinski definition) is 2. The van der Waals surface area contributed by atoms with E-state index in [-0.39, 0.29) is 5.91 Å². The van der Waals surface area contributed by atoms with Crippen LogP contribution >= 0.6 is 22.9 Å². The summed E-state index contributed by atoms with van der Waals surface area (Å²) in [5.74, 6) is -0.228. The van der Waals surface area contributed by atoms with Gasteiger partial charge in [0.25, 0.3) is 5.91 Å². The lowest BCUT2D eigenvalue weighted by Gasteiger charge is -2.09.